The average Bonchev–Trinajstić information content (AvgIpc) is 2.43. The molecule has 2 aromatic rings. The Bertz CT molecular complexity index is 652. The fourth-order valence-corrected chi connectivity index (χ4v) is 3.51. The quantitative estimate of drug-likeness (QED) is 0.755. The van der Waals surface area contributed by atoms with Crippen LogP contribution in [0.2, 0.25) is 0 Å². The molecule has 126 valence electrons. The van der Waals surface area contributed by atoms with Gasteiger partial charge in [0, 0.05) is 17.6 Å². The molecule has 2 aromatic carbocycles. The van der Waals surface area contributed by atoms with Crippen molar-refractivity contribution in [1.82, 2.24) is 5.32 Å². The molecule has 0 bridgehead atoms. The zero-order chi connectivity index (χ0) is 17.1. The Morgan fingerprint density at radius 3 is 2.30 bits per heavy atom. The lowest BCUT2D eigenvalue weighted by molar-refractivity contribution is 0.239. The van der Waals surface area contributed by atoms with E-state index in [4.69, 9.17) is 4.74 Å². The normalized spacial score (nSPS) is 12.6. The Hall–Kier alpha value is -1.54. The van der Waals surface area contributed by atoms with Crippen molar-refractivity contribution in [3.63, 3.8) is 0 Å². The van der Waals surface area contributed by atoms with Crippen LogP contribution in [0.5, 0.6) is 5.75 Å². The molecule has 2 rings (SSSR count). The molecule has 2 nitrogen and oxygen atoms in total. The van der Waals surface area contributed by atoms with Crippen molar-refractivity contribution in [2.45, 2.75) is 60.0 Å². The molecule has 0 saturated heterocycles. The van der Waals surface area contributed by atoms with Crippen LogP contribution in [0.25, 0.3) is 10.8 Å². The van der Waals surface area contributed by atoms with Gasteiger partial charge in [-0.1, -0.05) is 51.1 Å². The molecule has 0 aliphatic rings. The van der Waals surface area contributed by atoms with Gasteiger partial charge in [-0.3, -0.25) is 0 Å². The van der Waals surface area contributed by atoms with E-state index in [0.29, 0.717) is 12.0 Å². The molecule has 0 atom stereocenters. The van der Waals surface area contributed by atoms with Gasteiger partial charge in [0.2, 0.25) is 0 Å². The first-order chi connectivity index (χ1) is 10.7. The lowest BCUT2D eigenvalue weighted by atomic mass is 9.81. The van der Waals surface area contributed by atoms with E-state index in [0.717, 1.165) is 18.7 Å². The highest BCUT2D eigenvalue weighted by Crippen LogP contribution is 2.31. The molecule has 0 fully saturated rings. The third kappa shape index (κ3) is 4.97. The molecule has 23 heavy (non-hydrogen) atoms. The van der Waals surface area contributed by atoms with E-state index in [1.807, 2.05) is 6.92 Å². The number of ether oxygens (including phenoxy) is 1. The van der Waals surface area contributed by atoms with Gasteiger partial charge in [0.05, 0.1) is 6.61 Å². The molecule has 0 unspecified atom stereocenters. The highest BCUT2D eigenvalue weighted by atomic mass is 16.5. The summed E-state index contributed by atoms with van der Waals surface area (Å²) >= 11 is 0. The van der Waals surface area contributed by atoms with Crippen molar-refractivity contribution >= 4 is 10.8 Å². The molecule has 1 N–H and O–H groups in total. The Labute approximate surface area is 141 Å². The Balaban J connectivity index is 2.29. The number of rotatable bonds is 6. The van der Waals surface area contributed by atoms with Crippen molar-refractivity contribution in [2.75, 3.05) is 6.61 Å². The molecule has 0 heterocycles. The monoisotopic (exact) mass is 313 g/mol. The van der Waals surface area contributed by atoms with E-state index in [-0.39, 0.29) is 5.54 Å². The molecule has 0 amide bonds. The van der Waals surface area contributed by atoms with Crippen molar-refractivity contribution in [2.24, 2.45) is 5.41 Å². The standard InChI is InChI=1S/C21H31NO/c1-7-23-19-13-12-16-10-8-9-11-17(16)18(19)14-22-21(5,6)15-20(2,3)4/h8-13,22H,7,14-15H2,1-6H3. The SMILES string of the molecule is CCOc1ccc2ccccc2c1CNC(C)(C)CC(C)(C)C. The Kier molecular flexibility index (Phi) is 5.36. The lowest BCUT2D eigenvalue weighted by Gasteiger charge is -2.34. The predicted molar refractivity (Wildman–Crippen MR) is 100 cm³/mol. The van der Waals surface area contributed by atoms with Gasteiger partial charge in [-0.05, 0) is 49.4 Å². The molecule has 0 spiro atoms. The van der Waals surface area contributed by atoms with E-state index >= 15 is 0 Å². The second-order valence-corrected chi connectivity index (χ2v) is 8.17. The summed E-state index contributed by atoms with van der Waals surface area (Å²) in [6.07, 6.45) is 1.12. The second kappa shape index (κ2) is 6.92. The summed E-state index contributed by atoms with van der Waals surface area (Å²) in [6, 6.07) is 12.8. The summed E-state index contributed by atoms with van der Waals surface area (Å²) in [7, 11) is 0. The van der Waals surface area contributed by atoms with Gasteiger partial charge in [-0.25, -0.2) is 0 Å². The summed E-state index contributed by atoms with van der Waals surface area (Å²) in [6.45, 7) is 15.0. The Morgan fingerprint density at radius 2 is 1.65 bits per heavy atom. The summed E-state index contributed by atoms with van der Waals surface area (Å²) in [5.74, 6) is 0.991. The maximum absolute atomic E-state index is 5.87. The van der Waals surface area contributed by atoms with Gasteiger partial charge in [0.25, 0.3) is 0 Å². The molecule has 0 saturated carbocycles. The fraction of sp³-hybridized carbons (Fsp3) is 0.524. The first kappa shape index (κ1) is 17.8. The number of hydrogen-bond acceptors (Lipinski definition) is 2. The third-order valence-corrected chi connectivity index (χ3v) is 4.01. The van der Waals surface area contributed by atoms with Crippen LogP contribution >= 0.6 is 0 Å². The van der Waals surface area contributed by atoms with E-state index < -0.39 is 0 Å². The average molecular weight is 313 g/mol. The minimum Gasteiger partial charge on any atom is -0.494 e. The Morgan fingerprint density at radius 1 is 0.957 bits per heavy atom. The van der Waals surface area contributed by atoms with E-state index in [2.05, 4.69) is 76.3 Å². The zero-order valence-corrected chi connectivity index (χ0v) is 15.5. The van der Waals surface area contributed by atoms with Gasteiger partial charge in [-0.2, -0.15) is 0 Å². The minimum absolute atomic E-state index is 0.0820. The van der Waals surface area contributed by atoms with E-state index in [9.17, 15) is 0 Å². The first-order valence-corrected chi connectivity index (χ1v) is 8.60. The van der Waals surface area contributed by atoms with Crippen LogP contribution in [0.3, 0.4) is 0 Å². The van der Waals surface area contributed by atoms with Crippen molar-refractivity contribution in [1.29, 1.82) is 0 Å². The number of fused-ring (bicyclic) bond motifs is 1. The van der Waals surface area contributed by atoms with Gasteiger partial charge < -0.3 is 10.1 Å². The molecular formula is C21H31NO. The highest BCUT2D eigenvalue weighted by Gasteiger charge is 2.25. The number of hydrogen-bond donors (Lipinski definition) is 1. The third-order valence-electron chi connectivity index (χ3n) is 4.01. The number of benzene rings is 2. The molecule has 0 aromatic heterocycles. The largest absolute Gasteiger partial charge is 0.494 e. The lowest BCUT2D eigenvalue weighted by Crippen LogP contribution is -2.41. The van der Waals surface area contributed by atoms with E-state index in [1.165, 1.54) is 16.3 Å². The molecule has 0 aliphatic heterocycles. The fourth-order valence-electron chi connectivity index (χ4n) is 3.51. The van der Waals surface area contributed by atoms with Crippen LogP contribution in [0.15, 0.2) is 36.4 Å². The van der Waals surface area contributed by atoms with Crippen LogP contribution in [-0.4, -0.2) is 12.1 Å². The summed E-state index contributed by atoms with van der Waals surface area (Å²) in [5.41, 5.74) is 1.64. The summed E-state index contributed by atoms with van der Waals surface area (Å²) < 4.78 is 5.87. The predicted octanol–water partition coefficient (Wildman–Crippen LogP) is 5.54. The van der Waals surface area contributed by atoms with Gasteiger partial charge in [0.15, 0.2) is 0 Å². The topological polar surface area (TPSA) is 21.3 Å². The highest BCUT2D eigenvalue weighted by molar-refractivity contribution is 5.87. The maximum atomic E-state index is 5.87. The van der Waals surface area contributed by atoms with Crippen LogP contribution in [0.4, 0.5) is 0 Å². The first-order valence-electron chi connectivity index (χ1n) is 8.60. The van der Waals surface area contributed by atoms with Crippen molar-refractivity contribution in [3.05, 3.63) is 42.0 Å². The van der Waals surface area contributed by atoms with Crippen LogP contribution in [0, 0.1) is 5.41 Å². The van der Waals surface area contributed by atoms with Gasteiger partial charge in [0.1, 0.15) is 5.75 Å². The summed E-state index contributed by atoms with van der Waals surface area (Å²) in [4.78, 5) is 0. The minimum atomic E-state index is 0.0820. The van der Waals surface area contributed by atoms with Crippen LogP contribution in [-0.2, 0) is 6.54 Å². The number of nitrogens with one attached hydrogen (secondary N) is 1. The molecule has 2 heteroatoms. The van der Waals surface area contributed by atoms with Crippen molar-refractivity contribution < 1.29 is 4.74 Å². The summed E-state index contributed by atoms with van der Waals surface area (Å²) in [5, 5.41) is 6.28. The van der Waals surface area contributed by atoms with E-state index in [1.54, 1.807) is 0 Å². The van der Waals surface area contributed by atoms with Crippen LogP contribution in [0.1, 0.15) is 53.5 Å². The molecule has 0 radical (unpaired) electrons. The maximum Gasteiger partial charge on any atom is 0.124 e. The molecule has 0 aliphatic carbocycles. The second-order valence-electron chi connectivity index (χ2n) is 8.17. The van der Waals surface area contributed by atoms with Gasteiger partial charge in [-0.15, -0.1) is 0 Å². The van der Waals surface area contributed by atoms with Crippen molar-refractivity contribution in [3.8, 4) is 5.75 Å². The van der Waals surface area contributed by atoms with Gasteiger partial charge >= 0.3 is 0 Å². The molecular weight excluding hydrogens is 282 g/mol. The smallest absolute Gasteiger partial charge is 0.124 e. The zero-order valence-electron chi connectivity index (χ0n) is 15.5. The van der Waals surface area contributed by atoms with Crippen LogP contribution < -0.4 is 10.1 Å².